The van der Waals surface area contributed by atoms with Crippen LogP contribution in [0.25, 0.3) is 0 Å². The molecule has 0 radical (unpaired) electrons. The van der Waals surface area contributed by atoms with E-state index in [1.165, 1.54) is 25.0 Å². The number of halogens is 1. The molecule has 1 fully saturated rings. The molecular weight excluding hydrogens is 231 g/mol. The van der Waals surface area contributed by atoms with Crippen LogP contribution in [0.3, 0.4) is 0 Å². The molecule has 2 rings (SSSR count). The van der Waals surface area contributed by atoms with Crippen LogP contribution in [0.15, 0.2) is 18.2 Å². The molecule has 0 bridgehead atoms. The Kier molecular flexibility index (Phi) is 4.16. The number of hydrogen-bond donors (Lipinski definition) is 0. The van der Waals surface area contributed by atoms with Crippen molar-refractivity contribution in [2.24, 2.45) is 5.92 Å². The quantitative estimate of drug-likeness (QED) is 0.726. The Morgan fingerprint density at radius 2 is 2.28 bits per heavy atom. The predicted octanol–water partition coefficient (Wildman–Crippen LogP) is 2.56. The Labute approximate surface area is 107 Å². The summed E-state index contributed by atoms with van der Waals surface area (Å²) in [6.45, 7) is 2.21. The van der Waals surface area contributed by atoms with E-state index in [2.05, 4.69) is 0 Å². The van der Waals surface area contributed by atoms with Gasteiger partial charge < -0.3 is 9.64 Å². The van der Waals surface area contributed by atoms with Crippen LogP contribution >= 0.6 is 0 Å². The molecule has 96 valence electrons. The second-order valence-electron chi connectivity index (χ2n) is 4.72. The Hall–Kier alpha value is -1.60. The summed E-state index contributed by atoms with van der Waals surface area (Å²) >= 11 is 0. The fourth-order valence-electron chi connectivity index (χ4n) is 1.70. The van der Waals surface area contributed by atoms with Crippen molar-refractivity contribution in [3.05, 3.63) is 29.6 Å². The highest BCUT2D eigenvalue weighted by molar-refractivity contribution is 5.49. The molecule has 0 atom stereocenters. The number of hydrogen-bond acceptors (Lipinski definition) is 3. The third-order valence-corrected chi connectivity index (χ3v) is 3.14. The molecule has 3 nitrogen and oxygen atoms in total. The first-order valence-corrected chi connectivity index (χ1v) is 6.19. The molecule has 0 amide bonds. The predicted molar refractivity (Wildman–Crippen MR) is 67.9 cm³/mol. The van der Waals surface area contributed by atoms with Gasteiger partial charge in [-0.05, 0) is 37.0 Å². The van der Waals surface area contributed by atoms with E-state index >= 15 is 0 Å². The van der Waals surface area contributed by atoms with Gasteiger partial charge in [0.2, 0.25) is 0 Å². The van der Waals surface area contributed by atoms with Gasteiger partial charge in [-0.15, -0.1) is 0 Å². The van der Waals surface area contributed by atoms with Gasteiger partial charge in [-0.2, -0.15) is 5.26 Å². The lowest BCUT2D eigenvalue weighted by atomic mass is 10.2. The summed E-state index contributed by atoms with van der Waals surface area (Å²) < 4.78 is 19.0. The van der Waals surface area contributed by atoms with Crippen LogP contribution in [-0.2, 0) is 4.74 Å². The maximum Gasteiger partial charge on any atom is 0.143 e. The van der Waals surface area contributed by atoms with E-state index in [0.717, 1.165) is 24.8 Å². The third kappa shape index (κ3) is 3.44. The fraction of sp³-hybridized carbons (Fsp3) is 0.500. The topological polar surface area (TPSA) is 36.3 Å². The second kappa shape index (κ2) is 5.83. The lowest BCUT2D eigenvalue weighted by Gasteiger charge is -2.19. The summed E-state index contributed by atoms with van der Waals surface area (Å²) in [5.41, 5.74) is 0.846. The number of benzene rings is 1. The fourth-order valence-corrected chi connectivity index (χ4v) is 1.70. The van der Waals surface area contributed by atoms with Crippen molar-refractivity contribution < 1.29 is 9.13 Å². The SMILES string of the molecule is CN(CCOCC1CC1)c1ccc(C#N)c(F)c1. The summed E-state index contributed by atoms with van der Waals surface area (Å²) in [5, 5.41) is 8.66. The minimum absolute atomic E-state index is 0.0807. The Morgan fingerprint density at radius 3 is 2.89 bits per heavy atom. The molecule has 1 aliphatic carbocycles. The molecule has 1 aliphatic rings. The van der Waals surface area contributed by atoms with Crippen LogP contribution in [0.5, 0.6) is 0 Å². The minimum atomic E-state index is -0.472. The van der Waals surface area contributed by atoms with Crippen LogP contribution in [0.1, 0.15) is 18.4 Å². The van der Waals surface area contributed by atoms with Crippen molar-refractivity contribution in [3.63, 3.8) is 0 Å². The normalized spacial score (nSPS) is 14.3. The number of nitriles is 1. The smallest absolute Gasteiger partial charge is 0.143 e. The molecule has 1 saturated carbocycles. The first-order chi connectivity index (χ1) is 8.70. The first-order valence-electron chi connectivity index (χ1n) is 6.19. The average molecular weight is 248 g/mol. The van der Waals surface area contributed by atoms with E-state index < -0.39 is 5.82 Å². The molecule has 1 aromatic rings. The molecular formula is C14H17FN2O. The lowest BCUT2D eigenvalue weighted by Crippen LogP contribution is -2.23. The zero-order valence-corrected chi connectivity index (χ0v) is 10.5. The molecule has 0 unspecified atom stereocenters. The zero-order chi connectivity index (χ0) is 13.0. The van der Waals surface area contributed by atoms with Crippen LogP contribution in [0, 0.1) is 23.1 Å². The van der Waals surface area contributed by atoms with Crippen molar-refractivity contribution in [1.29, 1.82) is 5.26 Å². The maximum atomic E-state index is 13.4. The first kappa shape index (κ1) is 12.8. The lowest BCUT2D eigenvalue weighted by molar-refractivity contribution is 0.131. The van der Waals surface area contributed by atoms with E-state index in [-0.39, 0.29) is 5.56 Å². The van der Waals surface area contributed by atoms with Gasteiger partial charge in [0.1, 0.15) is 11.9 Å². The van der Waals surface area contributed by atoms with E-state index in [4.69, 9.17) is 10.00 Å². The summed E-state index contributed by atoms with van der Waals surface area (Å²) in [7, 11) is 1.89. The van der Waals surface area contributed by atoms with E-state index in [1.54, 1.807) is 6.07 Å². The van der Waals surface area contributed by atoms with Crippen LogP contribution < -0.4 is 4.90 Å². The largest absolute Gasteiger partial charge is 0.379 e. The van der Waals surface area contributed by atoms with Gasteiger partial charge in [0.15, 0.2) is 0 Å². The summed E-state index contributed by atoms with van der Waals surface area (Å²) in [4.78, 5) is 1.93. The molecule has 0 N–H and O–H groups in total. The number of ether oxygens (including phenoxy) is 1. The van der Waals surface area contributed by atoms with Gasteiger partial charge >= 0.3 is 0 Å². The zero-order valence-electron chi connectivity index (χ0n) is 10.5. The highest BCUT2D eigenvalue weighted by Crippen LogP contribution is 2.28. The van der Waals surface area contributed by atoms with E-state index in [0.29, 0.717) is 6.61 Å². The van der Waals surface area contributed by atoms with Crippen LogP contribution in [0.4, 0.5) is 10.1 Å². The Balaban J connectivity index is 1.81. The van der Waals surface area contributed by atoms with E-state index in [9.17, 15) is 4.39 Å². The van der Waals surface area contributed by atoms with Gasteiger partial charge in [0.05, 0.1) is 12.2 Å². The van der Waals surface area contributed by atoms with Crippen molar-refractivity contribution in [1.82, 2.24) is 0 Å². The van der Waals surface area contributed by atoms with Gasteiger partial charge in [0, 0.05) is 25.9 Å². The molecule has 1 aromatic carbocycles. The Bertz CT molecular complexity index is 452. The van der Waals surface area contributed by atoms with Gasteiger partial charge in [0.25, 0.3) is 0 Å². The molecule has 18 heavy (non-hydrogen) atoms. The highest BCUT2D eigenvalue weighted by atomic mass is 19.1. The Morgan fingerprint density at radius 1 is 1.50 bits per heavy atom. The summed E-state index contributed by atoms with van der Waals surface area (Å²) in [6, 6.07) is 6.46. The van der Waals surface area contributed by atoms with Crippen molar-refractivity contribution in [2.45, 2.75) is 12.8 Å². The standard InChI is InChI=1S/C14H17FN2O/c1-17(6-7-18-10-11-2-3-11)13-5-4-12(9-16)14(15)8-13/h4-5,8,11H,2-3,6-7,10H2,1H3. The van der Waals surface area contributed by atoms with Crippen LogP contribution in [-0.4, -0.2) is 26.8 Å². The average Bonchev–Trinajstić information content (AvgIpc) is 3.18. The van der Waals surface area contributed by atoms with Crippen molar-refractivity contribution >= 4 is 5.69 Å². The van der Waals surface area contributed by atoms with Gasteiger partial charge in [-0.3, -0.25) is 0 Å². The number of rotatable bonds is 6. The molecule has 0 aromatic heterocycles. The number of likely N-dealkylation sites (N-methyl/N-ethyl adjacent to an activating group) is 1. The number of anilines is 1. The van der Waals surface area contributed by atoms with E-state index in [1.807, 2.05) is 18.0 Å². The van der Waals surface area contributed by atoms with Gasteiger partial charge in [-0.25, -0.2) is 4.39 Å². The third-order valence-electron chi connectivity index (χ3n) is 3.14. The maximum absolute atomic E-state index is 13.4. The highest BCUT2D eigenvalue weighted by Gasteiger charge is 2.20. The van der Waals surface area contributed by atoms with Crippen LogP contribution in [0.2, 0.25) is 0 Å². The second-order valence-corrected chi connectivity index (χ2v) is 4.72. The monoisotopic (exact) mass is 248 g/mol. The molecule has 0 spiro atoms. The van der Waals surface area contributed by atoms with Gasteiger partial charge in [-0.1, -0.05) is 0 Å². The van der Waals surface area contributed by atoms with Crippen molar-refractivity contribution in [2.75, 3.05) is 31.7 Å². The summed E-state index contributed by atoms with van der Waals surface area (Å²) in [5.74, 6) is 0.295. The molecule has 0 aliphatic heterocycles. The molecule has 0 saturated heterocycles. The molecule has 4 heteroatoms. The summed E-state index contributed by atoms with van der Waals surface area (Å²) in [6.07, 6.45) is 2.58. The molecule has 0 heterocycles. The minimum Gasteiger partial charge on any atom is -0.379 e. The van der Waals surface area contributed by atoms with Crippen molar-refractivity contribution in [3.8, 4) is 6.07 Å². The number of nitrogens with zero attached hydrogens (tertiary/aromatic N) is 2.